The summed E-state index contributed by atoms with van der Waals surface area (Å²) in [4.78, 5) is 12.4. The lowest BCUT2D eigenvalue weighted by molar-refractivity contribution is 0.0733. The molecule has 2 fully saturated rings. The van der Waals surface area contributed by atoms with Crippen LogP contribution in [0, 0.1) is 41.0 Å². The number of unbranched alkanes of at least 4 members (excludes halogenated alkanes) is 4. The average molecular weight is 505 g/mol. The Kier molecular flexibility index (Phi) is 9.08. The summed E-state index contributed by atoms with van der Waals surface area (Å²) < 4.78 is 59.9. The van der Waals surface area contributed by atoms with Gasteiger partial charge in [0.1, 0.15) is 11.6 Å². The Morgan fingerprint density at radius 1 is 0.833 bits per heavy atom. The molecule has 2 aliphatic carbocycles. The number of hydrogen-bond acceptors (Lipinski definition) is 2. The van der Waals surface area contributed by atoms with Crippen molar-refractivity contribution in [3.8, 4) is 5.75 Å². The Morgan fingerprint density at radius 2 is 1.53 bits per heavy atom. The van der Waals surface area contributed by atoms with Gasteiger partial charge in [-0.25, -0.2) is 22.4 Å². The van der Waals surface area contributed by atoms with Crippen LogP contribution >= 0.6 is 0 Å². The second-order valence-corrected chi connectivity index (χ2v) is 10.7. The third-order valence-electron chi connectivity index (χ3n) is 8.28. The molecular weight excluding hydrogens is 468 g/mol. The molecule has 4 rings (SSSR count). The zero-order valence-electron chi connectivity index (χ0n) is 21.0. The molecule has 2 aliphatic rings. The Balaban J connectivity index is 1.32. The molecule has 36 heavy (non-hydrogen) atoms. The van der Waals surface area contributed by atoms with Crippen LogP contribution in [0.25, 0.3) is 0 Å². The van der Waals surface area contributed by atoms with Gasteiger partial charge in [-0.15, -0.1) is 0 Å². The van der Waals surface area contributed by atoms with E-state index in [-0.39, 0.29) is 11.5 Å². The Hall–Kier alpha value is -2.37. The van der Waals surface area contributed by atoms with Crippen LogP contribution in [0.2, 0.25) is 0 Å². The summed E-state index contributed by atoms with van der Waals surface area (Å²) in [5.41, 5.74) is 0.552. The third kappa shape index (κ3) is 6.49. The first kappa shape index (κ1) is 26.7. The number of carbonyl (C=O) groups excluding carboxylic acids is 1. The summed E-state index contributed by atoms with van der Waals surface area (Å²) in [6.07, 6.45) is 14.8. The van der Waals surface area contributed by atoms with Gasteiger partial charge in [0.2, 0.25) is 0 Å². The molecule has 0 saturated heterocycles. The van der Waals surface area contributed by atoms with Crippen LogP contribution in [-0.4, -0.2) is 5.97 Å². The fourth-order valence-electron chi connectivity index (χ4n) is 6.31. The number of halogens is 4. The van der Waals surface area contributed by atoms with Crippen LogP contribution < -0.4 is 4.74 Å². The fraction of sp³-hybridized carbons (Fsp3) is 0.567. The summed E-state index contributed by atoms with van der Waals surface area (Å²) in [5, 5.41) is 0. The van der Waals surface area contributed by atoms with Crippen molar-refractivity contribution in [2.75, 3.05) is 0 Å². The highest BCUT2D eigenvalue weighted by atomic mass is 19.2. The third-order valence-corrected chi connectivity index (χ3v) is 8.28. The van der Waals surface area contributed by atoms with E-state index in [2.05, 4.69) is 6.92 Å². The van der Waals surface area contributed by atoms with Crippen molar-refractivity contribution in [1.82, 2.24) is 0 Å². The lowest BCUT2D eigenvalue weighted by Gasteiger charge is -2.42. The molecule has 2 saturated carbocycles. The van der Waals surface area contributed by atoms with E-state index < -0.39 is 35.0 Å². The molecule has 4 atom stereocenters. The summed E-state index contributed by atoms with van der Waals surface area (Å²) in [7, 11) is 0. The van der Waals surface area contributed by atoms with Crippen molar-refractivity contribution in [3.63, 3.8) is 0 Å². The van der Waals surface area contributed by atoms with Gasteiger partial charge in [0.05, 0.1) is 5.56 Å². The fourth-order valence-corrected chi connectivity index (χ4v) is 6.31. The zero-order chi connectivity index (χ0) is 25.7. The van der Waals surface area contributed by atoms with Crippen LogP contribution in [0.1, 0.15) is 106 Å². The van der Waals surface area contributed by atoms with E-state index in [0.717, 1.165) is 37.2 Å². The van der Waals surface area contributed by atoms with E-state index in [1.54, 1.807) is 6.07 Å². The molecule has 0 radical (unpaired) electrons. The first-order valence-corrected chi connectivity index (χ1v) is 13.5. The highest BCUT2D eigenvalue weighted by Gasteiger charge is 2.36. The lowest BCUT2D eigenvalue weighted by atomic mass is 9.63. The number of benzene rings is 2. The van der Waals surface area contributed by atoms with Gasteiger partial charge in [0, 0.05) is 12.1 Å². The predicted molar refractivity (Wildman–Crippen MR) is 132 cm³/mol. The van der Waals surface area contributed by atoms with Gasteiger partial charge >= 0.3 is 5.97 Å². The molecule has 2 aromatic carbocycles. The van der Waals surface area contributed by atoms with Gasteiger partial charge in [-0.05, 0) is 73.5 Å². The normalized spacial score (nSPS) is 23.8. The molecule has 2 nitrogen and oxygen atoms in total. The predicted octanol–water partition coefficient (Wildman–Crippen LogP) is 9.12. The van der Waals surface area contributed by atoms with Crippen molar-refractivity contribution in [2.45, 2.75) is 89.9 Å². The zero-order valence-corrected chi connectivity index (χ0v) is 21.0. The molecule has 0 aliphatic heterocycles. The Morgan fingerprint density at radius 3 is 2.25 bits per heavy atom. The van der Waals surface area contributed by atoms with Crippen LogP contribution in [-0.2, 0) is 0 Å². The average Bonchev–Trinajstić information content (AvgIpc) is 2.86. The topological polar surface area (TPSA) is 26.3 Å². The number of hydrogen-bond donors (Lipinski definition) is 0. The van der Waals surface area contributed by atoms with Gasteiger partial charge in [0.25, 0.3) is 0 Å². The van der Waals surface area contributed by atoms with E-state index in [4.69, 9.17) is 4.74 Å². The quantitative estimate of drug-likeness (QED) is 0.112. The maximum atomic E-state index is 15.1. The molecule has 2 aromatic rings. The second-order valence-electron chi connectivity index (χ2n) is 10.7. The number of fused-ring (bicyclic) bond motifs is 1. The SMILES string of the molecule is CCCCCCC[C@H]1CC[C@@H]2CC(c3ccc(C(=O)Oc4cc(F)c(F)c(F)c4)cc3F)CC[C@H]2C1. The van der Waals surface area contributed by atoms with Gasteiger partial charge in [0.15, 0.2) is 17.5 Å². The lowest BCUT2D eigenvalue weighted by Crippen LogP contribution is -2.30. The van der Waals surface area contributed by atoms with Gasteiger partial charge in [-0.3, -0.25) is 0 Å². The first-order valence-electron chi connectivity index (χ1n) is 13.5. The van der Waals surface area contributed by atoms with Crippen molar-refractivity contribution in [3.05, 3.63) is 64.7 Å². The highest BCUT2D eigenvalue weighted by molar-refractivity contribution is 5.91. The molecule has 0 bridgehead atoms. The van der Waals surface area contributed by atoms with Crippen LogP contribution in [0.4, 0.5) is 17.6 Å². The number of ether oxygens (including phenoxy) is 1. The van der Waals surface area contributed by atoms with E-state index in [0.29, 0.717) is 23.6 Å². The minimum atomic E-state index is -1.64. The van der Waals surface area contributed by atoms with Crippen molar-refractivity contribution in [1.29, 1.82) is 0 Å². The van der Waals surface area contributed by atoms with Gasteiger partial charge < -0.3 is 4.74 Å². The minimum absolute atomic E-state index is 0.0606. The molecule has 0 amide bonds. The summed E-state index contributed by atoms with van der Waals surface area (Å²) in [5.74, 6) is -4.13. The van der Waals surface area contributed by atoms with E-state index in [9.17, 15) is 18.0 Å². The summed E-state index contributed by atoms with van der Waals surface area (Å²) in [6.45, 7) is 2.24. The van der Waals surface area contributed by atoms with Crippen LogP contribution in [0.15, 0.2) is 30.3 Å². The Bertz CT molecular complexity index is 1030. The molecule has 0 heterocycles. The molecule has 0 spiro atoms. The first-order chi connectivity index (χ1) is 17.4. The van der Waals surface area contributed by atoms with E-state index >= 15 is 4.39 Å². The molecule has 0 aromatic heterocycles. The summed E-state index contributed by atoms with van der Waals surface area (Å²) >= 11 is 0. The maximum Gasteiger partial charge on any atom is 0.343 e. The molecular formula is C30H36F4O2. The van der Waals surface area contributed by atoms with E-state index in [1.807, 2.05) is 0 Å². The van der Waals surface area contributed by atoms with E-state index in [1.165, 1.54) is 63.9 Å². The van der Waals surface area contributed by atoms with Crippen LogP contribution in [0.3, 0.4) is 0 Å². The molecule has 6 heteroatoms. The molecule has 0 N–H and O–H groups in total. The highest BCUT2D eigenvalue weighted by Crippen LogP contribution is 2.48. The minimum Gasteiger partial charge on any atom is -0.423 e. The van der Waals surface area contributed by atoms with Crippen molar-refractivity contribution < 1.29 is 27.1 Å². The van der Waals surface area contributed by atoms with Crippen LogP contribution in [0.5, 0.6) is 5.75 Å². The smallest absolute Gasteiger partial charge is 0.343 e. The van der Waals surface area contributed by atoms with Crippen molar-refractivity contribution in [2.24, 2.45) is 17.8 Å². The van der Waals surface area contributed by atoms with Gasteiger partial charge in [-0.1, -0.05) is 57.9 Å². The standard InChI is InChI=1S/C30H36F4O2/c1-2-3-4-5-6-7-19-8-9-21-15-22(11-10-20(21)14-19)25-13-12-23(16-26(25)31)30(35)36-24-17-27(32)29(34)28(33)18-24/h12-13,16-22H,2-11,14-15H2,1H3/t19-,20-,21+,22?/m0/s1. The van der Waals surface area contributed by atoms with Crippen molar-refractivity contribution >= 4 is 5.97 Å². The van der Waals surface area contributed by atoms with Gasteiger partial charge in [-0.2, -0.15) is 0 Å². The molecule has 1 unspecified atom stereocenters. The Labute approximate surface area is 211 Å². The number of esters is 1. The number of rotatable bonds is 9. The molecule has 196 valence electrons. The largest absolute Gasteiger partial charge is 0.423 e. The maximum absolute atomic E-state index is 15.1. The number of carbonyl (C=O) groups is 1. The second kappa shape index (κ2) is 12.2. The monoisotopic (exact) mass is 504 g/mol. The summed E-state index contributed by atoms with van der Waals surface area (Å²) in [6, 6.07) is 5.40.